The topological polar surface area (TPSA) is 14.1 Å². The normalized spacial score (nSPS) is 9.33. The van der Waals surface area contributed by atoms with Crippen molar-refractivity contribution in [3.8, 4) is 0 Å². The van der Waals surface area contributed by atoms with Crippen LogP contribution in [-0.2, 0) is 0 Å². The van der Waals surface area contributed by atoms with E-state index < -0.39 is 0 Å². The third-order valence-corrected chi connectivity index (χ3v) is 2.94. The van der Waals surface area contributed by atoms with Crippen LogP contribution in [0.3, 0.4) is 0 Å². The molecule has 2 aromatic heterocycles. The predicted molar refractivity (Wildman–Crippen MR) is 36.3 cm³/mol. The van der Waals surface area contributed by atoms with Gasteiger partial charge in [0.05, 0.1) is 5.39 Å². The second kappa shape index (κ2) is 2.77. The standard InChI is InChI=1S/C5H3NS2.BrH/c1-2-7-5-4(1)3-6-8-5;/h1-3H;1H. The highest BCUT2D eigenvalue weighted by atomic mass is 79.9. The lowest BCUT2D eigenvalue weighted by Crippen LogP contribution is -3.00. The fourth-order valence-corrected chi connectivity index (χ4v) is 2.28. The Morgan fingerprint density at radius 2 is 2.33 bits per heavy atom. The smallest absolute Gasteiger partial charge is 0.190 e. The zero-order chi connectivity index (χ0) is 5.40. The maximum atomic E-state index is 3.07. The molecule has 2 aromatic rings. The van der Waals surface area contributed by atoms with E-state index in [1.807, 2.05) is 6.20 Å². The Labute approximate surface area is 71.3 Å². The summed E-state index contributed by atoms with van der Waals surface area (Å²) in [6, 6.07) is 2.12. The molecule has 2 rings (SSSR count). The van der Waals surface area contributed by atoms with Gasteiger partial charge in [-0.3, -0.25) is 0 Å². The van der Waals surface area contributed by atoms with Crippen LogP contribution < -0.4 is 21.4 Å². The molecule has 0 aliphatic carbocycles. The van der Waals surface area contributed by atoms with Gasteiger partial charge in [0.1, 0.15) is 0 Å². The van der Waals surface area contributed by atoms with Crippen molar-refractivity contribution in [2.24, 2.45) is 0 Å². The van der Waals surface area contributed by atoms with Crippen molar-refractivity contribution in [1.29, 1.82) is 0 Å². The van der Waals surface area contributed by atoms with Crippen molar-refractivity contribution in [3.63, 3.8) is 0 Å². The molecule has 0 amide bonds. The molecule has 0 aliphatic heterocycles. The van der Waals surface area contributed by atoms with Crippen molar-refractivity contribution in [2.45, 2.75) is 0 Å². The van der Waals surface area contributed by atoms with Gasteiger partial charge in [0.25, 0.3) is 0 Å². The molecule has 1 N–H and O–H groups in total. The van der Waals surface area contributed by atoms with Gasteiger partial charge in [-0.1, -0.05) is 0 Å². The number of aromatic nitrogens is 1. The number of fused-ring (bicyclic) bond motifs is 1. The van der Waals surface area contributed by atoms with Gasteiger partial charge in [-0.2, -0.15) is 4.37 Å². The van der Waals surface area contributed by atoms with Crippen LogP contribution in [0.15, 0.2) is 17.6 Å². The van der Waals surface area contributed by atoms with Gasteiger partial charge in [-0.15, -0.1) is 11.3 Å². The lowest BCUT2D eigenvalue weighted by atomic mass is 10.5. The van der Waals surface area contributed by atoms with Crippen molar-refractivity contribution in [1.82, 2.24) is 0 Å². The molecule has 0 atom stereocenters. The molecule has 4 heteroatoms. The van der Waals surface area contributed by atoms with Gasteiger partial charge in [0.2, 0.25) is 0 Å². The minimum Gasteiger partial charge on any atom is -1.00 e. The minimum absolute atomic E-state index is 0. The van der Waals surface area contributed by atoms with E-state index in [9.17, 15) is 0 Å². The molecule has 2 heterocycles. The average molecular weight is 222 g/mol. The van der Waals surface area contributed by atoms with E-state index in [2.05, 4.69) is 15.8 Å². The molecule has 0 saturated carbocycles. The molecule has 0 radical (unpaired) electrons. The number of rotatable bonds is 0. The first-order valence-corrected chi connectivity index (χ1v) is 3.99. The van der Waals surface area contributed by atoms with E-state index in [-0.39, 0.29) is 17.0 Å². The van der Waals surface area contributed by atoms with Gasteiger partial charge >= 0.3 is 0 Å². The Kier molecular flexibility index (Phi) is 2.21. The van der Waals surface area contributed by atoms with Crippen LogP contribution in [0.5, 0.6) is 0 Å². The lowest BCUT2D eigenvalue weighted by molar-refractivity contribution is -0.287. The molecule has 0 aromatic carbocycles. The fraction of sp³-hybridized carbons (Fsp3) is 0. The Morgan fingerprint density at radius 3 is 3.11 bits per heavy atom. The van der Waals surface area contributed by atoms with E-state index in [0.717, 1.165) is 0 Å². The highest BCUT2D eigenvalue weighted by molar-refractivity contribution is 7.33. The second-order valence-electron chi connectivity index (χ2n) is 1.53. The number of thiophene rings is 1. The molecule has 9 heavy (non-hydrogen) atoms. The van der Waals surface area contributed by atoms with Crippen LogP contribution in [0.1, 0.15) is 0 Å². The predicted octanol–water partition coefficient (Wildman–Crippen LogP) is -1.22. The minimum atomic E-state index is 0. The average Bonchev–Trinajstić information content (AvgIpc) is 2.15. The van der Waals surface area contributed by atoms with Crippen molar-refractivity contribution in [3.05, 3.63) is 17.6 Å². The first kappa shape index (κ1) is 7.18. The molecule has 0 spiro atoms. The second-order valence-corrected chi connectivity index (χ2v) is 3.55. The first-order valence-electron chi connectivity index (χ1n) is 2.30. The van der Waals surface area contributed by atoms with E-state index in [0.29, 0.717) is 0 Å². The Morgan fingerprint density at radius 1 is 1.44 bits per heavy atom. The quantitative estimate of drug-likeness (QED) is 0.530. The summed E-state index contributed by atoms with van der Waals surface area (Å²) >= 11 is 3.47. The number of nitrogens with one attached hydrogen (secondary N) is 1. The summed E-state index contributed by atoms with van der Waals surface area (Å²) < 4.78 is 4.45. The van der Waals surface area contributed by atoms with E-state index in [1.54, 1.807) is 22.9 Å². The SMILES string of the molecule is [Br-].c1cc2c[nH+]sc2s1. The monoisotopic (exact) mass is 221 g/mol. The summed E-state index contributed by atoms with van der Waals surface area (Å²) in [4.78, 5) is 0. The molecule has 1 nitrogen and oxygen atoms in total. The number of H-pyrrole nitrogens is 1. The van der Waals surface area contributed by atoms with Crippen LogP contribution in [-0.4, -0.2) is 0 Å². The third kappa shape index (κ3) is 1.15. The van der Waals surface area contributed by atoms with E-state index in [1.165, 1.54) is 9.40 Å². The fourth-order valence-electron chi connectivity index (χ4n) is 0.642. The largest absolute Gasteiger partial charge is 1.00 e. The summed E-state index contributed by atoms with van der Waals surface area (Å²) in [5, 5.41) is 3.44. The molecule has 48 valence electrons. The van der Waals surface area contributed by atoms with Gasteiger partial charge in [-0.05, 0) is 11.4 Å². The lowest BCUT2D eigenvalue weighted by Gasteiger charge is -1.55. The van der Waals surface area contributed by atoms with Crippen LogP contribution in [0, 0.1) is 0 Å². The first-order chi connectivity index (χ1) is 3.97. The van der Waals surface area contributed by atoms with Crippen LogP contribution in [0.25, 0.3) is 9.40 Å². The summed E-state index contributed by atoms with van der Waals surface area (Å²) in [5.41, 5.74) is 0. The van der Waals surface area contributed by atoms with Gasteiger partial charge < -0.3 is 17.0 Å². The Hall–Kier alpha value is 0.0700. The highest BCUT2D eigenvalue weighted by Gasteiger charge is 1.98. The van der Waals surface area contributed by atoms with Crippen molar-refractivity contribution in [2.75, 3.05) is 0 Å². The number of hydrogen-bond acceptors (Lipinski definition) is 2. The Bertz CT molecular complexity index is 236. The Balaban J connectivity index is 0.000000405. The maximum absolute atomic E-state index is 3.07. The van der Waals surface area contributed by atoms with Crippen molar-refractivity contribution >= 4 is 32.3 Å². The zero-order valence-corrected chi connectivity index (χ0v) is 7.65. The molecule has 0 fully saturated rings. The van der Waals surface area contributed by atoms with Crippen LogP contribution >= 0.6 is 22.9 Å². The van der Waals surface area contributed by atoms with Gasteiger partial charge in [0.15, 0.2) is 21.7 Å². The molecule has 0 aliphatic rings. The van der Waals surface area contributed by atoms with Gasteiger partial charge in [0, 0.05) is 0 Å². The molecule has 0 bridgehead atoms. The number of aromatic amines is 1. The molecular weight excluding hydrogens is 218 g/mol. The third-order valence-electron chi connectivity index (χ3n) is 1.02. The highest BCUT2D eigenvalue weighted by Crippen LogP contribution is 2.20. The summed E-state index contributed by atoms with van der Waals surface area (Å²) in [6.07, 6.45) is 2.02. The van der Waals surface area contributed by atoms with Crippen molar-refractivity contribution < 1.29 is 21.4 Å². The van der Waals surface area contributed by atoms with Gasteiger partial charge in [-0.25, -0.2) is 0 Å². The zero-order valence-electron chi connectivity index (χ0n) is 4.43. The van der Waals surface area contributed by atoms with Crippen LogP contribution in [0.2, 0.25) is 0 Å². The van der Waals surface area contributed by atoms with E-state index >= 15 is 0 Å². The number of halogens is 1. The maximum Gasteiger partial charge on any atom is 0.190 e. The summed E-state index contributed by atoms with van der Waals surface area (Å²) in [5.74, 6) is 0. The number of hydrogen-bond donors (Lipinski definition) is 0. The molecule has 0 unspecified atom stereocenters. The van der Waals surface area contributed by atoms with E-state index in [4.69, 9.17) is 0 Å². The summed E-state index contributed by atoms with van der Waals surface area (Å²) in [7, 11) is 0. The summed E-state index contributed by atoms with van der Waals surface area (Å²) in [6.45, 7) is 0. The van der Waals surface area contributed by atoms with Crippen LogP contribution in [0.4, 0.5) is 0 Å². The molecule has 0 saturated heterocycles. The molecular formula is C5H4BrNS2.